The van der Waals surface area contributed by atoms with E-state index in [1.165, 1.54) is 4.88 Å². The van der Waals surface area contributed by atoms with Gasteiger partial charge in [-0.2, -0.15) is 0 Å². The predicted molar refractivity (Wildman–Crippen MR) is 74.6 cm³/mol. The highest BCUT2D eigenvalue weighted by Crippen LogP contribution is 2.19. The Kier molecular flexibility index (Phi) is 6.16. The van der Waals surface area contributed by atoms with Gasteiger partial charge in [-0.05, 0) is 40.9 Å². The minimum absolute atomic E-state index is 0.163. The van der Waals surface area contributed by atoms with E-state index in [4.69, 9.17) is 5.11 Å². The fourth-order valence-corrected chi connectivity index (χ4v) is 3.02. The lowest BCUT2D eigenvalue weighted by atomic mass is 9.96. The second-order valence-electron chi connectivity index (χ2n) is 4.37. The van der Waals surface area contributed by atoms with Crippen LogP contribution in [0.1, 0.15) is 18.7 Å². The van der Waals surface area contributed by atoms with Crippen LogP contribution in [-0.2, 0) is 11.2 Å². The molecule has 1 aromatic rings. The van der Waals surface area contributed by atoms with Gasteiger partial charge in [-0.15, -0.1) is 11.3 Å². The number of carbonyl (C=O) groups is 1. The molecule has 2 N–H and O–H groups in total. The molecule has 0 fully saturated rings. The highest BCUT2D eigenvalue weighted by atomic mass is 79.9. The number of hydrogen-bond donors (Lipinski definition) is 2. The molecule has 0 radical (unpaired) electrons. The van der Waals surface area contributed by atoms with E-state index in [1.807, 2.05) is 13.8 Å². The van der Waals surface area contributed by atoms with Crippen molar-refractivity contribution in [3.63, 3.8) is 0 Å². The van der Waals surface area contributed by atoms with Crippen molar-refractivity contribution in [1.29, 1.82) is 0 Å². The SMILES string of the molecule is CC(C)C(CNCCc1cc(Br)cs1)C(=O)O. The molecule has 1 rings (SSSR count). The molecule has 0 aliphatic carbocycles. The van der Waals surface area contributed by atoms with Crippen molar-refractivity contribution in [2.24, 2.45) is 11.8 Å². The molecule has 3 nitrogen and oxygen atoms in total. The van der Waals surface area contributed by atoms with Gasteiger partial charge in [0.1, 0.15) is 0 Å². The summed E-state index contributed by atoms with van der Waals surface area (Å²) >= 11 is 5.13. The van der Waals surface area contributed by atoms with Crippen LogP contribution < -0.4 is 5.32 Å². The maximum Gasteiger partial charge on any atom is 0.308 e. The Labute approximate surface area is 114 Å². The van der Waals surface area contributed by atoms with Crippen LogP contribution in [0.25, 0.3) is 0 Å². The quantitative estimate of drug-likeness (QED) is 0.759. The van der Waals surface area contributed by atoms with Gasteiger partial charge in [-0.3, -0.25) is 4.79 Å². The largest absolute Gasteiger partial charge is 0.481 e. The summed E-state index contributed by atoms with van der Waals surface area (Å²) in [5.41, 5.74) is 0. The van der Waals surface area contributed by atoms with Crippen LogP contribution in [-0.4, -0.2) is 24.2 Å². The molecular formula is C12H18BrNO2S. The van der Waals surface area contributed by atoms with Gasteiger partial charge in [0.05, 0.1) is 5.92 Å². The van der Waals surface area contributed by atoms with Gasteiger partial charge in [-0.1, -0.05) is 13.8 Å². The summed E-state index contributed by atoms with van der Waals surface area (Å²) in [4.78, 5) is 12.3. The molecule has 0 saturated carbocycles. The topological polar surface area (TPSA) is 49.3 Å². The van der Waals surface area contributed by atoms with Crippen molar-refractivity contribution in [2.45, 2.75) is 20.3 Å². The van der Waals surface area contributed by atoms with Crippen molar-refractivity contribution < 1.29 is 9.90 Å². The van der Waals surface area contributed by atoms with E-state index < -0.39 is 5.97 Å². The highest BCUT2D eigenvalue weighted by Gasteiger charge is 2.20. The van der Waals surface area contributed by atoms with E-state index in [-0.39, 0.29) is 11.8 Å². The summed E-state index contributed by atoms with van der Waals surface area (Å²) in [6.45, 7) is 5.25. The Morgan fingerprint density at radius 2 is 2.29 bits per heavy atom. The van der Waals surface area contributed by atoms with E-state index >= 15 is 0 Å². The summed E-state index contributed by atoms with van der Waals surface area (Å²) in [5, 5.41) is 14.3. The molecule has 1 unspecified atom stereocenters. The first-order valence-electron chi connectivity index (χ1n) is 5.67. The van der Waals surface area contributed by atoms with E-state index in [1.54, 1.807) is 11.3 Å². The molecule has 0 aliphatic rings. The monoisotopic (exact) mass is 319 g/mol. The molecule has 17 heavy (non-hydrogen) atoms. The zero-order valence-electron chi connectivity index (χ0n) is 10.1. The molecule has 1 atom stereocenters. The van der Waals surface area contributed by atoms with Gasteiger partial charge in [-0.25, -0.2) is 0 Å². The maximum atomic E-state index is 11.0. The van der Waals surface area contributed by atoms with Gasteiger partial charge >= 0.3 is 5.97 Å². The molecule has 1 aromatic heterocycles. The van der Waals surface area contributed by atoms with E-state index in [2.05, 4.69) is 32.7 Å². The lowest BCUT2D eigenvalue weighted by molar-refractivity contribution is -0.143. The number of hydrogen-bond acceptors (Lipinski definition) is 3. The summed E-state index contributed by atoms with van der Waals surface area (Å²) in [7, 11) is 0. The Morgan fingerprint density at radius 1 is 1.59 bits per heavy atom. The normalized spacial score (nSPS) is 12.9. The van der Waals surface area contributed by atoms with Gasteiger partial charge in [0.15, 0.2) is 0 Å². The van der Waals surface area contributed by atoms with E-state index in [0.717, 1.165) is 17.4 Å². The first-order valence-corrected chi connectivity index (χ1v) is 7.34. The molecule has 1 heterocycles. The number of carboxylic acids is 1. The Morgan fingerprint density at radius 3 is 2.76 bits per heavy atom. The van der Waals surface area contributed by atoms with E-state index in [9.17, 15) is 4.79 Å². The number of carboxylic acid groups (broad SMARTS) is 1. The number of thiophene rings is 1. The molecule has 96 valence electrons. The van der Waals surface area contributed by atoms with Crippen LogP contribution in [0.15, 0.2) is 15.9 Å². The van der Waals surface area contributed by atoms with Crippen molar-refractivity contribution in [2.75, 3.05) is 13.1 Å². The van der Waals surface area contributed by atoms with Crippen LogP contribution in [0, 0.1) is 11.8 Å². The van der Waals surface area contributed by atoms with Crippen LogP contribution in [0.2, 0.25) is 0 Å². The van der Waals surface area contributed by atoms with Gasteiger partial charge in [0, 0.05) is 21.3 Å². The van der Waals surface area contributed by atoms with Crippen molar-refractivity contribution in [1.82, 2.24) is 5.32 Å². The van der Waals surface area contributed by atoms with Crippen molar-refractivity contribution in [3.05, 3.63) is 20.8 Å². The lowest BCUT2D eigenvalue weighted by Gasteiger charge is -2.16. The minimum atomic E-state index is -0.716. The predicted octanol–water partition coefficient (Wildman–Crippen LogP) is 3.00. The molecule has 0 saturated heterocycles. The third-order valence-corrected chi connectivity index (χ3v) is 4.41. The number of nitrogens with one attached hydrogen (secondary N) is 1. The van der Waals surface area contributed by atoms with Crippen LogP contribution in [0.3, 0.4) is 0 Å². The Balaban J connectivity index is 2.25. The molecule has 0 bridgehead atoms. The fraction of sp³-hybridized carbons (Fsp3) is 0.583. The average Bonchev–Trinajstić information content (AvgIpc) is 2.62. The second-order valence-corrected chi connectivity index (χ2v) is 6.29. The zero-order chi connectivity index (χ0) is 12.8. The molecular weight excluding hydrogens is 302 g/mol. The summed E-state index contributed by atoms with van der Waals surface area (Å²) in [5.74, 6) is -0.854. The molecule has 0 aromatic carbocycles. The number of aliphatic carboxylic acids is 1. The fourth-order valence-electron chi connectivity index (χ4n) is 1.56. The number of rotatable bonds is 7. The number of halogens is 1. The molecule has 0 aliphatic heterocycles. The minimum Gasteiger partial charge on any atom is -0.481 e. The maximum absolute atomic E-state index is 11.0. The van der Waals surface area contributed by atoms with E-state index in [0.29, 0.717) is 6.54 Å². The summed E-state index contributed by atoms with van der Waals surface area (Å²) in [6, 6.07) is 2.10. The van der Waals surface area contributed by atoms with Gasteiger partial charge in [0.25, 0.3) is 0 Å². The van der Waals surface area contributed by atoms with Gasteiger partial charge in [0.2, 0.25) is 0 Å². The zero-order valence-corrected chi connectivity index (χ0v) is 12.5. The summed E-state index contributed by atoms with van der Waals surface area (Å²) < 4.78 is 1.11. The third kappa shape index (κ3) is 5.19. The van der Waals surface area contributed by atoms with Crippen LogP contribution >= 0.6 is 27.3 Å². The van der Waals surface area contributed by atoms with Crippen LogP contribution in [0.5, 0.6) is 0 Å². The van der Waals surface area contributed by atoms with Crippen molar-refractivity contribution in [3.8, 4) is 0 Å². The van der Waals surface area contributed by atoms with Gasteiger partial charge < -0.3 is 10.4 Å². The Hall–Kier alpha value is -0.390. The Bertz CT molecular complexity index is 365. The second kappa shape index (κ2) is 7.13. The highest BCUT2D eigenvalue weighted by molar-refractivity contribution is 9.10. The lowest BCUT2D eigenvalue weighted by Crippen LogP contribution is -2.33. The molecule has 0 amide bonds. The average molecular weight is 320 g/mol. The summed E-state index contributed by atoms with van der Waals surface area (Å²) in [6.07, 6.45) is 0.945. The first-order chi connectivity index (χ1) is 8.00. The van der Waals surface area contributed by atoms with Crippen LogP contribution in [0.4, 0.5) is 0 Å². The van der Waals surface area contributed by atoms with Crippen molar-refractivity contribution >= 4 is 33.2 Å². The standard InChI is InChI=1S/C12H18BrNO2S/c1-8(2)11(12(15)16)6-14-4-3-10-5-9(13)7-17-10/h5,7-8,11,14H,3-4,6H2,1-2H3,(H,15,16). The molecule has 5 heteroatoms. The third-order valence-electron chi connectivity index (χ3n) is 2.66. The molecule has 0 spiro atoms. The smallest absolute Gasteiger partial charge is 0.308 e. The first kappa shape index (κ1) is 14.7.